The van der Waals surface area contributed by atoms with Gasteiger partial charge < -0.3 is 4.90 Å². The topological polar surface area (TPSA) is 29.0 Å². The zero-order chi connectivity index (χ0) is 12.3. The van der Waals surface area contributed by atoms with Crippen LogP contribution < -0.4 is 4.90 Å². The van der Waals surface area contributed by atoms with Crippen LogP contribution in [0.25, 0.3) is 0 Å². The van der Waals surface area contributed by atoms with Crippen molar-refractivity contribution in [3.63, 3.8) is 0 Å². The third-order valence-electron chi connectivity index (χ3n) is 2.51. The lowest BCUT2D eigenvalue weighted by molar-refractivity contribution is 0.866. The second-order valence-electron chi connectivity index (χ2n) is 3.95. The summed E-state index contributed by atoms with van der Waals surface area (Å²) in [5.41, 5.74) is 5.11. The highest BCUT2D eigenvalue weighted by molar-refractivity contribution is 7.07. The van der Waals surface area contributed by atoms with Gasteiger partial charge in [0.2, 0.25) is 0 Å². The third-order valence-corrected chi connectivity index (χ3v) is 3.45. The average molecular weight is 268 g/mol. The van der Waals surface area contributed by atoms with Crippen LogP contribution in [0, 0.1) is 6.92 Å². The van der Waals surface area contributed by atoms with Crippen molar-refractivity contribution >= 4 is 28.8 Å². The van der Waals surface area contributed by atoms with Crippen molar-refractivity contribution in [2.24, 2.45) is 0 Å². The summed E-state index contributed by atoms with van der Waals surface area (Å²) < 4.78 is 0. The van der Waals surface area contributed by atoms with Crippen LogP contribution in [-0.2, 0) is 12.4 Å². The van der Waals surface area contributed by atoms with Gasteiger partial charge in [0.25, 0.3) is 0 Å². The summed E-state index contributed by atoms with van der Waals surface area (Å²) in [5.74, 6) is 1.48. The highest BCUT2D eigenvalue weighted by Gasteiger charge is 2.08. The number of nitrogens with zero attached hydrogens (tertiary/aromatic N) is 3. The summed E-state index contributed by atoms with van der Waals surface area (Å²) in [5, 5.41) is 2.05. The van der Waals surface area contributed by atoms with Crippen molar-refractivity contribution in [2.45, 2.75) is 19.3 Å². The molecule has 0 aliphatic carbocycles. The van der Waals surface area contributed by atoms with Crippen molar-refractivity contribution in [3.05, 3.63) is 40.0 Å². The molecule has 0 aliphatic heterocycles. The number of aryl methyl sites for hydroxylation is 1. The van der Waals surface area contributed by atoms with Crippen molar-refractivity contribution < 1.29 is 0 Å². The molecule has 0 aliphatic rings. The number of hydrogen-bond donors (Lipinski definition) is 0. The molecular formula is C12H14ClN3S. The maximum absolute atomic E-state index is 5.78. The summed E-state index contributed by atoms with van der Waals surface area (Å²) >= 11 is 7.40. The normalized spacial score (nSPS) is 10.5. The Labute approximate surface area is 110 Å². The second-order valence-corrected chi connectivity index (χ2v) is 4.94. The van der Waals surface area contributed by atoms with E-state index in [1.807, 2.05) is 18.8 Å². The van der Waals surface area contributed by atoms with Crippen LogP contribution in [0.3, 0.4) is 0 Å². The van der Waals surface area contributed by atoms with E-state index in [-0.39, 0.29) is 0 Å². The van der Waals surface area contributed by atoms with Crippen LogP contribution in [-0.4, -0.2) is 17.0 Å². The quantitative estimate of drug-likeness (QED) is 0.797. The molecule has 0 aromatic carbocycles. The molecule has 0 saturated carbocycles. The average Bonchev–Trinajstić information content (AvgIpc) is 2.81. The van der Waals surface area contributed by atoms with Crippen molar-refractivity contribution in [2.75, 3.05) is 11.9 Å². The molecule has 0 spiro atoms. The van der Waals surface area contributed by atoms with Gasteiger partial charge in [-0.05, 0) is 24.1 Å². The van der Waals surface area contributed by atoms with Gasteiger partial charge in [-0.25, -0.2) is 9.97 Å². The molecular weight excluding hydrogens is 254 g/mol. The van der Waals surface area contributed by atoms with Crippen LogP contribution in [0.1, 0.15) is 16.8 Å². The maximum Gasteiger partial charge on any atom is 0.131 e. The van der Waals surface area contributed by atoms with Crippen molar-refractivity contribution in [3.8, 4) is 0 Å². The third kappa shape index (κ3) is 2.96. The fraction of sp³-hybridized carbons (Fsp3) is 0.333. The van der Waals surface area contributed by atoms with E-state index in [1.54, 1.807) is 11.3 Å². The number of halogens is 1. The van der Waals surface area contributed by atoms with Gasteiger partial charge in [0.1, 0.15) is 5.82 Å². The number of anilines is 1. The molecule has 0 bridgehead atoms. The Kier molecular flexibility index (Phi) is 3.97. The lowest BCUT2D eigenvalue weighted by atomic mass is 10.2. The highest BCUT2D eigenvalue weighted by Crippen LogP contribution is 2.19. The zero-order valence-electron chi connectivity index (χ0n) is 9.85. The summed E-state index contributed by atoms with van der Waals surface area (Å²) in [6.45, 7) is 2.83. The van der Waals surface area contributed by atoms with Crippen LogP contribution in [0.5, 0.6) is 0 Å². The number of thiazole rings is 1. The fourth-order valence-electron chi connectivity index (χ4n) is 1.73. The maximum atomic E-state index is 5.78. The second kappa shape index (κ2) is 5.47. The van der Waals surface area contributed by atoms with Gasteiger partial charge in [-0.3, -0.25) is 0 Å². The minimum atomic E-state index is 0.504. The minimum Gasteiger partial charge on any atom is -0.354 e. The highest BCUT2D eigenvalue weighted by atomic mass is 35.5. The molecule has 3 nitrogen and oxygen atoms in total. The Morgan fingerprint density at radius 2 is 2.24 bits per heavy atom. The standard InChI is InChI=1S/C12H14ClN3S/c1-9-3-10(4-13)5-14-12(9)16(2)6-11-7-17-8-15-11/h3,5,7-8H,4,6H2,1-2H3. The minimum absolute atomic E-state index is 0.504. The monoisotopic (exact) mass is 267 g/mol. The zero-order valence-corrected chi connectivity index (χ0v) is 11.4. The molecule has 2 aromatic rings. The first-order chi connectivity index (χ1) is 8.20. The molecule has 0 unspecified atom stereocenters. The molecule has 0 fully saturated rings. The lowest BCUT2D eigenvalue weighted by Gasteiger charge is -2.19. The number of alkyl halides is 1. The van der Waals surface area contributed by atoms with E-state index in [9.17, 15) is 0 Å². The van der Waals surface area contributed by atoms with Gasteiger partial charge in [-0.2, -0.15) is 0 Å². The molecule has 0 amide bonds. The van der Waals surface area contributed by atoms with Gasteiger partial charge in [0, 0.05) is 24.5 Å². The van der Waals surface area contributed by atoms with Gasteiger partial charge in [-0.15, -0.1) is 22.9 Å². The van der Waals surface area contributed by atoms with E-state index >= 15 is 0 Å². The van der Waals surface area contributed by atoms with Crippen LogP contribution in [0.2, 0.25) is 0 Å². The van der Waals surface area contributed by atoms with E-state index in [0.717, 1.165) is 29.2 Å². The molecule has 2 heterocycles. The van der Waals surface area contributed by atoms with E-state index in [2.05, 4.69) is 33.2 Å². The first kappa shape index (κ1) is 12.3. The molecule has 0 saturated heterocycles. The summed E-state index contributed by atoms with van der Waals surface area (Å²) in [6, 6.07) is 2.08. The summed E-state index contributed by atoms with van der Waals surface area (Å²) in [7, 11) is 2.02. The number of pyridine rings is 1. The van der Waals surface area contributed by atoms with Crippen molar-refractivity contribution in [1.82, 2.24) is 9.97 Å². The largest absolute Gasteiger partial charge is 0.354 e. The molecule has 90 valence electrons. The SMILES string of the molecule is Cc1cc(CCl)cnc1N(C)Cc1cscn1. The van der Waals surface area contributed by atoms with E-state index in [0.29, 0.717) is 5.88 Å². The van der Waals surface area contributed by atoms with Gasteiger partial charge in [-0.1, -0.05) is 0 Å². The Bertz CT molecular complexity index is 485. The van der Waals surface area contributed by atoms with Crippen LogP contribution in [0.15, 0.2) is 23.2 Å². The predicted octanol–water partition coefficient (Wildman–Crippen LogP) is 3.22. The molecule has 2 aromatic heterocycles. The first-order valence-corrected chi connectivity index (χ1v) is 6.78. The van der Waals surface area contributed by atoms with Gasteiger partial charge in [0.15, 0.2) is 0 Å². The van der Waals surface area contributed by atoms with Crippen LogP contribution in [0.4, 0.5) is 5.82 Å². The molecule has 17 heavy (non-hydrogen) atoms. The molecule has 0 N–H and O–H groups in total. The summed E-state index contributed by atoms with van der Waals surface area (Å²) in [6.07, 6.45) is 1.83. The number of rotatable bonds is 4. The van der Waals surface area contributed by atoms with E-state index in [4.69, 9.17) is 11.6 Å². The molecule has 0 radical (unpaired) electrons. The number of hydrogen-bond acceptors (Lipinski definition) is 4. The van der Waals surface area contributed by atoms with Gasteiger partial charge >= 0.3 is 0 Å². The molecule has 2 rings (SSSR count). The molecule has 5 heteroatoms. The predicted molar refractivity (Wildman–Crippen MR) is 72.8 cm³/mol. The Hall–Kier alpha value is -1.13. The Morgan fingerprint density at radius 3 is 2.82 bits per heavy atom. The fourth-order valence-corrected chi connectivity index (χ4v) is 2.43. The van der Waals surface area contributed by atoms with Crippen molar-refractivity contribution in [1.29, 1.82) is 0 Å². The van der Waals surface area contributed by atoms with E-state index < -0.39 is 0 Å². The summed E-state index contributed by atoms with van der Waals surface area (Å²) in [4.78, 5) is 10.8. The Balaban J connectivity index is 2.16. The smallest absolute Gasteiger partial charge is 0.131 e. The first-order valence-electron chi connectivity index (χ1n) is 5.30. The lowest BCUT2D eigenvalue weighted by Crippen LogP contribution is -2.19. The Morgan fingerprint density at radius 1 is 1.41 bits per heavy atom. The number of aromatic nitrogens is 2. The van der Waals surface area contributed by atoms with Crippen LogP contribution >= 0.6 is 22.9 Å². The van der Waals surface area contributed by atoms with Gasteiger partial charge in [0.05, 0.1) is 17.7 Å². The molecule has 0 atom stereocenters. The van der Waals surface area contributed by atoms with E-state index in [1.165, 1.54) is 0 Å².